The highest BCUT2D eigenvalue weighted by Crippen LogP contribution is 2.21. The first-order chi connectivity index (χ1) is 11.0. The molecular formula is C19H20N2OS. The minimum atomic E-state index is -0.256. The number of benzene rings is 2. The van der Waals surface area contributed by atoms with Gasteiger partial charge < -0.3 is 5.32 Å². The third-order valence-corrected chi connectivity index (χ3v) is 3.58. The summed E-state index contributed by atoms with van der Waals surface area (Å²) in [5, 5.41) is 6.06. The van der Waals surface area contributed by atoms with Gasteiger partial charge in [-0.2, -0.15) is 0 Å². The van der Waals surface area contributed by atoms with Crippen LogP contribution in [0.15, 0.2) is 48.5 Å². The first kappa shape index (κ1) is 16.9. The lowest BCUT2D eigenvalue weighted by Gasteiger charge is -2.14. The molecule has 0 aliphatic carbocycles. The molecule has 2 rings (SSSR count). The van der Waals surface area contributed by atoms with Crippen LogP contribution in [0.1, 0.15) is 22.3 Å². The van der Waals surface area contributed by atoms with Crippen LogP contribution >= 0.6 is 12.2 Å². The number of aryl methyl sites for hydroxylation is 3. The van der Waals surface area contributed by atoms with Gasteiger partial charge in [-0.15, -0.1) is 0 Å². The summed E-state index contributed by atoms with van der Waals surface area (Å²) in [6.45, 7) is 6.09. The fourth-order valence-corrected chi connectivity index (χ4v) is 2.61. The maximum Gasteiger partial charge on any atom is 0.250 e. The molecule has 0 aromatic heterocycles. The van der Waals surface area contributed by atoms with Gasteiger partial charge in [0.2, 0.25) is 5.91 Å². The Hall–Kier alpha value is -2.46. The minimum absolute atomic E-state index is 0.256. The van der Waals surface area contributed by atoms with Crippen LogP contribution in [0.25, 0.3) is 6.08 Å². The van der Waals surface area contributed by atoms with Gasteiger partial charge in [-0.1, -0.05) is 48.0 Å². The van der Waals surface area contributed by atoms with Crippen LogP contribution in [-0.4, -0.2) is 11.0 Å². The van der Waals surface area contributed by atoms with Crippen LogP contribution in [0.3, 0.4) is 0 Å². The van der Waals surface area contributed by atoms with Crippen molar-refractivity contribution in [1.82, 2.24) is 5.32 Å². The quantitative estimate of drug-likeness (QED) is 0.658. The van der Waals surface area contributed by atoms with E-state index in [1.165, 1.54) is 11.6 Å². The molecule has 0 heterocycles. The Kier molecular flexibility index (Phi) is 5.66. The zero-order valence-electron chi connectivity index (χ0n) is 13.5. The Labute approximate surface area is 142 Å². The van der Waals surface area contributed by atoms with Gasteiger partial charge in [0.1, 0.15) is 0 Å². The minimum Gasteiger partial charge on any atom is -0.332 e. The second-order valence-electron chi connectivity index (χ2n) is 5.46. The fraction of sp³-hybridized carbons (Fsp3) is 0.158. The molecule has 0 radical (unpaired) electrons. The van der Waals surface area contributed by atoms with Crippen molar-refractivity contribution < 1.29 is 4.79 Å². The first-order valence-electron chi connectivity index (χ1n) is 7.38. The van der Waals surface area contributed by atoms with Crippen LogP contribution in [0.2, 0.25) is 0 Å². The smallest absolute Gasteiger partial charge is 0.250 e. The van der Waals surface area contributed by atoms with Crippen molar-refractivity contribution in [3.8, 4) is 0 Å². The van der Waals surface area contributed by atoms with Gasteiger partial charge in [0.15, 0.2) is 5.11 Å². The van der Waals surface area contributed by atoms with E-state index in [4.69, 9.17) is 12.2 Å². The molecule has 4 heteroatoms. The lowest BCUT2D eigenvalue weighted by Crippen LogP contribution is -2.33. The van der Waals surface area contributed by atoms with Crippen LogP contribution in [0.4, 0.5) is 5.69 Å². The third-order valence-electron chi connectivity index (χ3n) is 3.38. The number of hydrogen-bond acceptors (Lipinski definition) is 2. The van der Waals surface area contributed by atoms with E-state index in [9.17, 15) is 4.79 Å². The molecule has 0 bridgehead atoms. The standard InChI is InChI=1S/C19H20N2OS/c1-13-11-14(2)18(15(3)12-13)21-19(23)20-17(22)10-9-16-7-5-4-6-8-16/h4-12H,1-3H3,(H2,20,21,22,23). The second kappa shape index (κ2) is 7.70. The molecule has 0 fully saturated rings. The van der Waals surface area contributed by atoms with Crippen molar-refractivity contribution >= 4 is 35.0 Å². The number of amides is 1. The number of anilines is 1. The number of hydrogen-bond donors (Lipinski definition) is 2. The lowest BCUT2D eigenvalue weighted by molar-refractivity contribution is -0.115. The average Bonchev–Trinajstić information content (AvgIpc) is 2.50. The van der Waals surface area contributed by atoms with Gasteiger partial charge >= 0.3 is 0 Å². The predicted molar refractivity (Wildman–Crippen MR) is 100 cm³/mol. The summed E-state index contributed by atoms with van der Waals surface area (Å²) < 4.78 is 0. The largest absolute Gasteiger partial charge is 0.332 e. The van der Waals surface area contributed by atoms with Gasteiger partial charge in [-0.05, 0) is 55.8 Å². The maximum atomic E-state index is 11.9. The third kappa shape index (κ3) is 5.04. The van der Waals surface area contributed by atoms with Gasteiger partial charge in [-0.25, -0.2) is 0 Å². The highest BCUT2D eigenvalue weighted by molar-refractivity contribution is 7.80. The number of nitrogens with one attached hydrogen (secondary N) is 2. The molecule has 0 aliphatic rings. The average molecular weight is 324 g/mol. The summed E-state index contributed by atoms with van der Waals surface area (Å²) in [6, 6.07) is 13.8. The van der Waals surface area contributed by atoms with E-state index >= 15 is 0 Å². The van der Waals surface area contributed by atoms with Crippen molar-refractivity contribution in [1.29, 1.82) is 0 Å². The molecule has 2 aromatic rings. The van der Waals surface area contributed by atoms with Crippen LogP contribution < -0.4 is 10.6 Å². The molecule has 0 aliphatic heterocycles. The summed E-state index contributed by atoms with van der Waals surface area (Å²) in [4.78, 5) is 11.9. The van der Waals surface area contributed by atoms with Crippen LogP contribution in [0, 0.1) is 20.8 Å². The van der Waals surface area contributed by atoms with E-state index in [0.717, 1.165) is 22.4 Å². The van der Waals surface area contributed by atoms with Crippen molar-refractivity contribution in [2.45, 2.75) is 20.8 Å². The van der Waals surface area contributed by atoms with E-state index in [1.807, 2.05) is 44.2 Å². The van der Waals surface area contributed by atoms with Crippen LogP contribution in [0.5, 0.6) is 0 Å². The maximum absolute atomic E-state index is 11.9. The van der Waals surface area contributed by atoms with E-state index in [0.29, 0.717) is 5.11 Å². The summed E-state index contributed by atoms with van der Waals surface area (Å²) in [7, 11) is 0. The van der Waals surface area contributed by atoms with E-state index < -0.39 is 0 Å². The number of carbonyl (C=O) groups excluding carboxylic acids is 1. The molecule has 0 atom stereocenters. The Bertz CT molecular complexity index is 728. The van der Waals surface area contributed by atoms with E-state index in [1.54, 1.807) is 6.08 Å². The molecule has 0 saturated carbocycles. The van der Waals surface area contributed by atoms with E-state index in [-0.39, 0.29) is 5.91 Å². The highest BCUT2D eigenvalue weighted by atomic mass is 32.1. The molecule has 23 heavy (non-hydrogen) atoms. The molecule has 3 nitrogen and oxygen atoms in total. The Morgan fingerprint density at radius 3 is 2.26 bits per heavy atom. The highest BCUT2D eigenvalue weighted by Gasteiger charge is 2.07. The first-order valence-corrected chi connectivity index (χ1v) is 7.79. The topological polar surface area (TPSA) is 41.1 Å². The molecule has 118 valence electrons. The number of thiocarbonyl (C=S) groups is 1. The number of rotatable bonds is 3. The summed E-state index contributed by atoms with van der Waals surface area (Å²) in [5.74, 6) is -0.256. The SMILES string of the molecule is Cc1cc(C)c(NC(=S)NC(=O)C=Cc2ccccc2)c(C)c1. The van der Waals surface area contributed by atoms with Gasteiger partial charge in [0, 0.05) is 11.8 Å². The molecule has 0 saturated heterocycles. The molecule has 1 amide bonds. The van der Waals surface area contributed by atoms with Crippen molar-refractivity contribution in [3.05, 3.63) is 70.8 Å². The second-order valence-corrected chi connectivity index (χ2v) is 5.87. The Morgan fingerprint density at radius 2 is 1.65 bits per heavy atom. The van der Waals surface area contributed by atoms with Crippen molar-refractivity contribution in [3.63, 3.8) is 0 Å². The monoisotopic (exact) mass is 324 g/mol. The van der Waals surface area contributed by atoms with Gasteiger partial charge in [0.25, 0.3) is 0 Å². The Morgan fingerprint density at radius 1 is 1.04 bits per heavy atom. The zero-order valence-corrected chi connectivity index (χ0v) is 14.3. The van der Waals surface area contributed by atoms with Gasteiger partial charge in [0.05, 0.1) is 0 Å². The summed E-state index contributed by atoms with van der Waals surface area (Å²) in [5.41, 5.74) is 5.30. The molecular weight excluding hydrogens is 304 g/mol. The van der Waals surface area contributed by atoms with Crippen molar-refractivity contribution in [2.24, 2.45) is 0 Å². The molecule has 2 aromatic carbocycles. The molecule has 2 N–H and O–H groups in total. The van der Waals surface area contributed by atoms with Crippen LogP contribution in [-0.2, 0) is 4.79 Å². The van der Waals surface area contributed by atoms with E-state index in [2.05, 4.69) is 29.7 Å². The van der Waals surface area contributed by atoms with Gasteiger partial charge in [-0.3, -0.25) is 10.1 Å². The summed E-state index contributed by atoms with van der Waals surface area (Å²) in [6.07, 6.45) is 3.22. The Balaban J connectivity index is 1.97. The molecule has 0 unspecified atom stereocenters. The zero-order chi connectivity index (χ0) is 16.8. The lowest BCUT2D eigenvalue weighted by atomic mass is 10.1. The predicted octanol–water partition coefficient (Wildman–Crippen LogP) is 4.14. The number of carbonyl (C=O) groups is 1. The normalized spacial score (nSPS) is 10.6. The molecule has 0 spiro atoms. The summed E-state index contributed by atoms with van der Waals surface area (Å²) >= 11 is 5.22. The van der Waals surface area contributed by atoms with Crippen molar-refractivity contribution in [2.75, 3.05) is 5.32 Å². The fourth-order valence-electron chi connectivity index (χ4n) is 2.41.